The van der Waals surface area contributed by atoms with Gasteiger partial charge in [-0.3, -0.25) is 19.2 Å². The Labute approximate surface area is 200 Å². The van der Waals surface area contributed by atoms with Crippen LogP contribution in [-0.2, 0) is 19.2 Å². The van der Waals surface area contributed by atoms with Crippen LogP contribution in [0, 0.1) is 0 Å². The maximum atomic E-state index is 12.3. The second kappa shape index (κ2) is 21.9. The summed E-state index contributed by atoms with van der Waals surface area (Å²) in [6.45, 7) is 1.80. The Kier molecular flexibility index (Phi) is 20.6. The van der Waals surface area contributed by atoms with Gasteiger partial charge < -0.3 is 15.1 Å². The minimum absolute atomic E-state index is 0.0775. The van der Waals surface area contributed by atoms with Crippen LogP contribution >= 0.6 is 0 Å². The number of ketones is 1. The van der Waals surface area contributed by atoms with Crippen molar-refractivity contribution in [2.75, 3.05) is 13.1 Å². The van der Waals surface area contributed by atoms with Gasteiger partial charge in [-0.1, -0.05) is 84.0 Å². The molecular weight excluding hydrogens is 422 g/mol. The molecule has 0 saturated heterocycles. The number of carboxylic acid groups (broad SMARTS) is 2. The lowest BCUT2D eigenvalue weighted by molar-refractivity contribution is -0.144. The number of carbonyl (C=O) groups excluding carboxylic acids is 2. The van der Waals surface area contributed by atoms with Gasteiger partial charge in [-0.05, 0) is 19.3 Å². The summed E-state index contributed by atoms with van der Waals surface area (Å²) < 4.78 is 0. The van der Waals surface area contributed by atoms with Gasteiger partial charge >= 0.3 is 11.9 Å². The first-order chi connectivity index (χ1) is 15.9. The summed E-state index contributed by atoms with van der Waals surface area (Å²) >= 11 is 0. The molecule has 0 rings (SSSR count). The van der Waals surface area contributed by atoms with E-state index in [0.29, 0.717) is 19.3 Å². The van der Waals surface area contributed by atoms with Crippen molar-refractivity contribution >= 4 is 23.6 Å². The predicted molar refractivity (Wildman–Crippen MR) is 130 cm³/mol. The maximum Gasteiger partial charge on any atom is 0.323 e. The summed E-state index contributed by atoms with van der Waals surface area (Å²) in [7, 11) is 0. The Morgan fingerprint density at radius 3 is 1.36 bits per heavy atom. The minimum atomic E-state index is -1.04. The molecule has 0 heterocycles. The Morgan fingerprint density at radius 2 is 0.970 bits per heavy atom. The predicted octanol–water partition coefficient (Wildman–Crippen LogP) is 5.99. The molecule has 0 unspecified atom stereocenters. The highest BCUT2D eigenvalue weighted by molar-refractivity contribution is 5.83. The molecule has 0 fully saturated rings. The zero-order chi connectivity index (χ0) is 24.7. The van der Waals surface area contributed by atoms with Gasteiger partial charge in [0.15, 0.2) is 0 Å². The van der Waals surface area contributed by atoms with Crippen molar-refractivity contribution in [3.63, 3.8) is 0 Å². The molecule has 0 spiro atoms. The fourth-order valence-corrected chi connectivity index (χ4v) is 3.95. The van der Waals surface area contributed by atoms with Crippen LogP contribution in [0.5, 0.6) is 0 Å². The zero-order valence-electron chi connectivity index (χ0n) is 20.8. The minimum Gasteiger partial charge on any atom is -0.481 e. The largest absolute Gasteiger partial charge is 0.481 e. The molecule has 7 heteroatoms. The van der Waals surface area contributed by atoms with Crippen molar-refractivity contribution in [1.82, 2.24) is 4.90 Å². The van der Waals surface area contributed by atoms with Gasteiger partial charge in [0.05, 0.1) is 0 Å². The molecular formula is C26H47NO6. The number of unbranched alkanes of at least 4 members (excludes halogenated alkanes) is 13. The Bertz CT molecular complexity index is 549. The summed E-state index contributed by atoms with van der Waals surface area (Å²) in [6.07, 6.45) is 17.8. The van der Waals surface area contributed by atoms with E-state index in [4.69, 9.17) is 10.2 Å². The number of hydrogen-bond acceptors (Lipinski definition) is 4. The number of Topliss-reactive ketones (excluding diaryl/α,β-unsaturated/α-hetero) is 1. The Morgan fingerprint density at radius 1 is 0.545 bits per heavy atom. The summed E-state index contributed by atoms with van der Waals surface area (Å²) in [5.74, 6) is -1.82. The first-order valence-corrected chi connectivity index (χ1v) is 13.1. The van der Waals surface area contributed by atoms with Crippen molar-refractivity contribution in [3.8, 4) is 0 Å². The molecule has 7 nitrogen and oxygen atoms in total. The third kappa shape index (κ3) is 21.7. The van der Waals surface area contributed by atoms with Gasteiger partial charge in [0.25, 0.3) is 0 Å². The Hall–Kier alpha value is -1.92. The van der Waals surface area contributed by atoms with E-state index in [1.807, 2.05) is 6.92 Å². The molecule has 0 aliphatic carbocycles. The lowest BCUT2D eigenvalue weighted by Gasteiger charge is -2.20. The normalized spacial score (nSPS) is 10.8. The lowest BCUT2D eigenvalue weighted by Crippen LogP contribution is -2.37. The number of rotatable bonds is 24. The van der Waals surface area contributed by atoms with E-state index in [1.54, 1.807) is 0 Å². The van der Waals surface area contributed by atoms with Gasteiger partial charge in [-0.15, -0.1) is 0 Å². The van der Waals surface area contributed by atoms with Gasteiger partial charge in [-0.2, -0.15) is 0 Å². The highest BCUT2D eigenvalue weighted by Crippen LogP contribution is 2.14. The van der Waals surface area contributed by atoms with Crippen molar-refractivity contribution in [2.45, 2.75) is 129 Å². The number of carboxylic acids is 2. The van der Waals surface area contributed by atoms with Gasteiger partial charge in [-0.25, -0.2) is 0 Å². The van der Waals surface area contributed by atoms with Crippen molar-refractivity contribution in [1.29, 1.82) is 0 Å². The van der Waals surface area contributed by atoms with Crippen LogP contribution in [0.2, 0.25) is 0 Å². The van der Waals surface area contributed by atoms with Crippen LogP contribution in [0.3, 0.4) is 0 Å². The molecule has 1 amide bonds. The molecule has 192 valence electrons. The number of carbonyl (C=O) groups is 4. The lowest BCUT2D eigenvalue weighted by atomic mass is 10.0. The number of hydrogen-bond donors (Lipinski definition) is 2. The summed E-state index contributed by atoms with van der Waals surface area (Å²) in [4.78, 5) is 46.8. The van der Waals surface area contributed by atoms with Crippen LogP contribution in [-0.4, -0.2) is 51.8 Å². The third-order valence-corrected chi connectivity index (χ3v) is 5.90. The van der Waals surface area contributed by atoms with Gasteiger partial charge in [0, 0.05) is 32.2 Å². The molecule has 0 bridgehead atoms. The average Bonchev–Trinajstić information content (AvgIpc) is 2.75. The summed E-state index contributed by atoms with van der Waals surface area (Å²) in [5, 5.41) is 17.6. The number of aliphatic carboxylic acids is 2. The molecule has 33 heavy (non-hydrogen) atoms. The summed E-state index contributed by atoms with van der Waals surface area (Å²) in [6, 6.07) is 0. The van der Waals surface area contributed by atoms with E-state index in [-0.39, 0.29) is 31.2 Å². The van der Waals surface area contributed by atoms with Gasteiger partial charge in [0.1, 0.15) is 12.3 Å². The van der Waals surface area contributed by atoms with E-state index in [1.165, 1.54) is 56.3 Å². The molecule has 2 N–H and O–H groups in total. The average molecular weight is 470 g/mol. The second-order valence-electron chi connectivity index (χ2n) is 9.09. The fraction of sp³-hybridized carbons (Fsp3) is 0.846. The van der Waals surface area contributed by atoms with E-state index in [9.17, 15) is 19.2 Å². The fourth-order valence-electron chi connectivity index (χ4n) is 3.95. The van der Waals surface area contributed by atoms with Crippen LogP contribution in [0.1, 0.15) is 129 Å². The Balaban J connectivity index is 3.62. The highest BCUT2D eigenvalue weighted by Gasteiger charge is 2.17. The molecule has 0 aromatic carbocycles. The quantitative estimate of drug-likeness (QED) is 0.168. The van der Waals surface area contributed by atoms with Crippen LogP contribution in [0.4, 0.5) is 0 Å². The first kappa shape index (κ1) is 31.1. The monoisotopic (exact) mass is 469 g/mol. The summed E-state index contributed by atoms with van der Waals surface area (Å²) in [5.41, 5.74) is 0. The van der Waals surface area contributed by atoms with Crippen LogP contribution in [0.15, 0.2) is 0 Å². The van der Waals surface area contributed by atoms with Crippen LogP contribution < -0.4 is 0 Å². The maximum absolute atomic E-state index is 12.3. The van der Waals surface area contributed by atoms with Crippen molar-refractivity contribution in [3.05, 3.63) is 0 Å². The molecule has 0 aromatic rings. The molecule has 0 aromatic heterocycles. The SMILES string of the molecule is CCCC(=O)CCN(CC(=O)O)C(=O)CCCCCCCCCCCCCCCCC(=O)O. The van der Waals surface area contributed by atoms with Crippen molar-refractivity contribution < 1.29 is 29.4 Å². The molecule has 0 saturated carbocycles. The number of nitrogens with zero attached hydrogens (tertiary/aromatic N) is 1. The van der Waals surface area contributed by atoms with Gasteiger partial charge in [0.2, 0.25) is 5.91 Å². The first-order valence-electron chi connectivity index (χ1n) is 13.1. The number of amides is 1. The second-order valence-corrected chi connectivity index (χ2v) is 9.09. The standard InChI is InChI=1S/C26H47NO6/c1-2-17-23(28)20-21-27(22-26(32)33)24(29)18-15-13-11-9-7-5-3-4-6-8-10-12-14-16-19-25(30)31/h2-22H2,1H3,(H,30,31)(H,32,33). The topological polar surface area (TPSA) is 112 Å². The smallest absolute Gasteiger partial charge is 0.323 e. The molecule has 0 aliphatic rings. The molecule has 0 radical (unpaired) electrons. The zero-order valence-corrected chi connectivity index (χ0v) is 20.8. The van der Waals surface area contributed by atoms with E-state index >= 15 is 0 Å². The van der Waals surface area contributed by atoms with E-state index in [2.05, 4.69) is 0 Å². The molecule has 0 atom stereocenters. The van der Waals surface area contributed by atoms with E-state index in [0.717, 1.165) is 44.9 Å². The van der Waals surface area contributed by atoms with E-state index < -0.39 is 11.9 Å². The third-order valence-electron chi connectivity index (χ3n) is 5.90. The highest BCUT2D eigenvalue weighted by atomic mass is 16.4. The van der Waals surface area contributed by atoms with Crippen LogP contribution in [0.25, 0.3) is 0 Å². The van der Waals surface area contributed by atoms with Crippen molar-refractivity contribution in [2.24, 2.45) is 0 Å². The molecule has 0 aliphatic heterocycles.